The van der Waals surface area contributed by atoms with Gasteiger partial charge < -0.3 is 10.6 Å². The van der Waals surface area contributed by atoms with E-state index >= 15 is 0 Å². The molecule has 2 N–H and O–H groups in total. The molecule has 9 nitrogen and oxygen atoms in total. The van der Waals surface area contributed by atoms with Crippen LogP contribution in [-0.2, 0) is 9.59 Å². The number of piperazine rings is 1. The van der Waals surface area contributed by atoms with Crippen molar-refractivity contribution in [1.29, 1.82) is 0 Å². The fourth-order valence-corrected chi connectivity index (χ4v) is 3.67. The molecule has 1 heterocycles. The molecule has 0 aromatic heterocycles. The van der Waals surface area contributed by atoms with Crippen molar-refractivity contribution in [3.8, 4) is 0 Å². The highest BCUT2D eigenvalue weighted by atomic mass is 16.6. The highest BCUT2D eigenvalue weighted by Crippen LogP contribution is 2.22. The van der Waals surface area contributed by atoms with Gasteiger partial charge in [0.15, 0.2) is 0 Å². The monoisotopic (exact) mass is 439 g/mol. The molecule has 1 aliphatic rings. The zero-order valence-electron chi connectivity index (χ0n) is 18.7. The number of anilines is 2. The first kappa shape index (κ1) is 23.4. The smallest absolute Gasteiger partial charge is 0.274 e. The summed E-state index contributed by atoms with van der Waals surface area (Å²) in [6.45, 7) is 8.86. The van der Waals surface area contributed by atoms with Gasteiger partial charge in [0, 0.05) is 49.2 Å². The van der Waals surface area contributed by atoms with Crippen LogP contribution in [0.25, 0.3) is 0 Å². The second-order valence-corrected chi connectivity index (χ2v) is 8.15. The lowest BCUT2D eigenvalue weighted by molar-refractivity contribution is -0.385. The molecule has 2 amide bonds. The van der Waals surface area contributed by atoms with Crippen molar-refractivity contribution >= 4 is 28.9 Å². The van der Waals surface area contributed by atoms with Crippen molar-refractivity contribution in [3.05, 3.63) is 63.2 Å². The van der Waals surface area contributed by atoms with Gasteiger partial charge in [-0.3, -0.25) is 29.5 Å². The number of nitro groups is 1. The third-order valence-corrected chi connectivity index (χ3v) is 5.77. The number of hydrogen-bond donors (Lipinski definition) is 2. The first-order chi connectivity index (χ1) is 15.2. The summed E-state index contributed by atoms with van der Waals surface area (Å²) in [7, 11) is 0. The van der Waals surface area contributed by atoms with Crippen molar-refractivity contribution in [2.75, 3.05) is 49.9 Å². The van der Waals surface area contributed by atoms with Crippen LogP contribution >= 0.6 is 0 Å². The summed E-state index contributed by atoms with van der Waals surface area (Å²) in [6.07, 6.45) is 0. The predicted octanol–water partition coefficient (Wildman–Crippen LogP) is 2.71. The molecule has 0 radical (unpaired) electrons. The fourth-order valence-electron chi connectivity index (χ4n) is 3.67. The molecule has 2 aromatic rings. The molecule has 1 fully saturated rings. The zero-order valence-corrected chi connectivity index (χ0v) is 18.7. The van der Waals surface area contributed by atoms with Crippen LogP contribution in [0.2, 0.25) is 0 Å². The summed E-state index contributed by atoms with van der Waals surface area (Å²) in [5.41, 5.74) is 3.97. The molecule has 0 unspecified atom stereocenters. The molecule has 32 heavy (non-hydrogen) atoms. The van der Waals surface area contributed by atoms with E-state index in [0.29, 0.717) is 44.0 Å². The van der Waals surface area contributed by atoms with E-state index in [-0.39, 0.29) is 24.0 Å². The zero-order chi connectivity index (χ0) is 23.3. The fraction of sp³-hybridized carbons (Fsp3) is 0.391. The minimum atomic E-state index is -0.458. The van der Waals surface area contributed by atoms with Gasteiger partial charge in [-0.15, -0.1) is 0 Å². The molecule has 9 heteroatoms. The van der Waals surface area contributed by atoms with E-state index in [1.54, 1.807) is 19.1 Å². The lowest BCUT2D eigenvalue weighted by Crippen LogP contribution is -2.50. The van der Waals surface area contributed by atoms with Gasteiger partial charge >= 0.3 is 0 Å². The Morgan fingerprint density at radius 2 is 1.50 bits per heavy atom. The Bertz CT molecular complexity index is 1020. The van der Waals surface area contributed by atoms with Gasteiger partial charge in [-0.2, -0.15) is 0 Å². The highest BCUT2D eigenvalue weighted by molar-refractivity contribution is 5.93. The molecule has 0 spiro atoms. The van der Waals surface area contributed by atoms with Crippen LogP contribution in [0.4, 0.5) is 17.1 Å². The van der Waals surface area contributed by atoms with Gasteiger partial charge in [-0.25, -0.2) is 0 Å². The second kappa shape index (κ2) is 10.3. The van der Waals surface area contributed by atoms with Crippen LogP contribution in [0.3, 0.4) is 0 Å². The first-order valence-corrected chi connectivity index (χ1v) is 10.6. The van der Waals surface area contributed by atoms with E-state index in [9.17, 15) is 19.7 Å². The van der Waals surface area contributed by atoms with E-state index in [0.717, 1.165) is 16.8 Å². The van der Waals surface area contributed by atoms with Crippen molar-refractivity contribution < 1.29 is 14.5 Å². The van der Waals surface area contributed by atoms with Crippen LogP contribution in [0.1, 0.15) is 16.7 Å². The number of amides is 2. The summed E-state index contributed by atoms with van der Waals surface area (Å²) in [5, 5.41) is 16.8. The lowest BCUT2D eigenvalue weighted by atomic mass is 10.1. The summed E-state index contributed by atoms with van der Waals surface area (Å²) in [6, 6.07) is 10.5. The minimum absolute atomic E-state index is 0.0180. The van der Waals surface area contributed by atoms with Crippen molar-refractivity contribution in [2.24, 2.45) is 0 Å². The molecule has 1 aliphatic heterocycles. The largest absolute Gasteiger partial charge is 0.325 e. The Balaban J connectivity index is 1.44. The standard InChI is InChI=1S/C23H29N5O4/c1-16-5-4-6-20(18(16)3)25-23(30)15-27-11-9-26(10-12-27)14-22(29)24-19-8-7-17(2)21(13-19)28(31)32/h4-8,13H,9-12,14-15H2,1-3H3,(H,24,29)(H,25,30). The number of nitrogens with zero attached hydrogens (tertiary/aromatic N) is 3. The summed E-state index contributed by atoms with van der Waals surface area (Å²) >= 11 is 0. The van der Waals surface area contributed by atoms with Gasteiger partial charge in [-0.05, 0) is 44.0 Å². The molecule has 0 bridgehead atoms. The maximum atomic E-state index is 12.4. The third-order valence-electron chi connectivity index (χ3n) is 5.77. The Kier molecular flexibility index (Phi) is 7.55. The Hall–Kier alpha value is -3.30. The van der Waals surface area contributed by atoms with Crippen LogP contribution in [0.15, 0.2) is 36.4 Å². The SMILES string of the molecule is Cc1ccc(NC(=O)CN2CCN(CC(=O)Nc3cccc(C)c3C)CC2)cc1[N+](=O)[O-]. The normalized spacial score (nSPS) is 14.7. The van der Waals surface area contributed by atoms with Crippen LogP contribution in [0, 0.1) is 30.9 Å². The number of nitrogens with one attached hydrogen (secondary N) is 2. The van der Waals surface area contributed by atoms with Gasteiger partial charge in [0.25, 0.3) is 5.69 Å². The number of benzene rings is 2. The van der Waals surface area contributed by atoms with E-state index in [1.165, 1.54) is 6.07 Å². The molecular formula is C23H29N5O4. The summed E-state index contributed by atoms with van der Waals surface area (Å²) < 4.78 is 0. The van der Waals surface area contributed by atoms with Crippen LogP contribution in [-0.4, -0.2) is 65.8 Å². The Morgan fingerprint density at radius 3 is 2.09 bits per heavy atom. The Labute approximate surface area is 187 Å². The lowest BCUT2D eigenvalue weighted by Gasteiger charge is -2.33. The molecule has 170 valence electrons. The second-order valence-electron chi connectivity index (χ2n) is 8.15. The van der Waals surface area contributed by atoms with Gasteiger partial charge in [0.1, 0.15) is 0 Å². The maximum Gasteiger partial charge on any atom is 0.274 e. The van der Waals surface area contributed by atoms with Gasteiger partial charge in [-0.1, -0.05) is 18.2 Å². The minimum Gasteiger partial charge on any atom is -0.325 e. The number of aryl methyl sites for hydroxylation is 2. The van der Waals surface area contributed by atoms with E-state index in [1.807, 2.05) is 36.9 Å². The first-order valence-electron chi connectivity index (χ1n) is 10.6. The third kappa shape index (κ3) is 6.12. The molecule has 0 aliphatic carbocycles. The van der Waals surface area contributed by atoms with E-state index in [4.69, 9.17) is 0 Å². The molecular weight excluding hydrogens is 410 g/mol. The van der Waals surface area contributed by atoms with Crippen LogP contribution < -0.4 is 10.6 Å². The molecule has 0 atom stereocenters. The van der Waals surface area contributed by atoms with Gasteiger partial charge in [0.2, 0.25) is 11.8 Å². The summed E-state index contributed by atoms with van der Waals surface area (Å²) in [5.74, 6) is -0.268. The molecule has 2 aromatic carbocycles. The number of carbonyl (C=O) groups is 2. The number of rotatable bonds is 7. The average molecular weight is 440 g/mol. The highest BCUT2D eigenvalue weighted by Gasteiger charge is 2.21. The van der Waals surface area contributed by atoms with E-state index < -0.39 is 4.92 Å². The molecule has 0 saturated carbocycles. The van der Waals surface area contributed by atoms with Crippen molar-refractivity contribution in [1.82, 2.24) is 9.80 Å². The quantitative estimate of drug-likeness (QED) is 0.507. The number of hydrogen-bond acceptors (Lipinski definition) is 6. The van der Waals surface area contributed by atoms with Crippen molar-refractivity contribution in [2.45, 2.75) is 20.8 Å². The molecule has 3 rings (SSSR count). The van der Waals surface area contributed by atoms with Crippen LogP contribution in [0.5, 0.6) is 0 Å². The topological polar surface area (TPSA) is 108 Å². The number of carbonyl (C=O) groups excluding carboxylic acids is 2. The molecule has 1 saturated heterocycles. The number of nitro benzene ring substituents is 1. The van der Waals surface area contributed by atoms with E-state index in [2.05, 4.69) is 15.5 Å². The van der Waals surface area contributed by atoms with Gasteiger partial charge in [0.05, 0.1) is 18.0 Å². The maximum absolute atomic E-state index is 12.4. The van der Waals surface area contributed by atoms with Crippen molar-refractivity contribution in [3.63, 3.8) is 0 Å². The Morgan fingerprint density at radius 1 is 0.906 bits per heavy atom. The summed E-state index contributed by atoms with van der Waals surface area (Å²) in [4.78, 5) is 39.5. The average Bonchev–Trinajstić information content (AvgIpc) is 2.74. The predicted molar refractivity (Wildman–Crippen MR) is 124 cm³/mol.